The van der Waals surface area contributed by atoms with Gasteiger partial charge in [0.25, 0.3) is 0 Å². The predicted molar refractivity (Wildman–Crippen MR) is 70.7 cm³/mol. The van der Waals surface area contributed by atoms with Crippen molar-refractivity contribution in [2.75, 3.05) is 0 Å². The quantitative estimate of drug-likeness (QED) is 0.941. The smallest absolute Gasteiger partial charge is 0.249 e. The van der Waals surface area contributed by atoms with Crippen LogP contribution in [-0.4, -0.2) is 5.91 Å². The van der Waals surface area contributed by atoms with E-state index in [1.54, 1.807) is 12.1 Å². The van der Waals surface area contributed by atoms with Gasteiger partial charge in [0, 0.05) is 34.3 Å². The van der Waals surface area contributed by atoms with Crippen molar-refractivity contribution < 1.29 is 18.3 Å². The molecule has 0 aliphatic carbocycles. The third-order valence-electron chi connectivity index (χ3n) is 2.57. The van der Waals surface area contributed by atoms with Crippen LogP contribution in [0.15, 0.2) is 36.4 Å². The number of amides is 1. The van der Waals surface area contributed by atoms with E-state index >= 15 is 0 Å². The van der Waals surface area contributed by atoms with Crippen molar-refractivity contribution in [1.29, 1.82) is 0 Å². The molecule has 0 aromatic heterocycles. The number of hydrogen-bond acceptors (Lipinski definition) is 2. The Bertz CT molecular complexity index is 641. The molecule has 6 heteroatoms. The first-order chi connectivity index (χ1) is 9.45. The van der Waals surface area contributed by atoms with Crippen LogP contribution in [0.4, 0.5) is 8.78 Å². The van der Waals surface area contributed by atoms with Crippen molar-refractivity contribution in [3.05, 3.63) is 64.2 Å². The second-order valence-electron chi connectivity index (χ2n) is 4.06. The number of rotatable bonds is 4. The second kappa shape index (κ2) is 5.88. The molecule has 2 rings (SSSR count). The zero-order valence-electron chi connectivity index (χ0n) is 10.2. The van der Waals surface area contributed by atoms with Crippen molar-refractivity contribution in [2.45, 2.75) is 6.61 Å². The molecule has 3 nitrogen and oxygen atoms in total. The summed E-state index contributed by atoms with van der Waals surface area (Å²) in [5.41, 5.74) is 5.91. The van der Waals surface area contributed by atoms with Crippen molar-refractivity contribution in [1.82, 2.24) is 0 Å². The van der Waals surface area contributed by atoms with Gasteiger partial charge in [-0.3, -0.25) is 4.79 Å². The second-order valence-corrected chi connectivity index (χ2v) is 4.50. The van der Waals surface area contributed by atoms with Crippen LogP contribution in [0.5, 0.6) is 5.75 Å². The highest BCUT2D eigenvalue weighted by molar-refractivity contribution is 6.31. The van der Waals surface area contributed by atoms with Crippen LogP contribution >= 0.6 is 11.6 Å². The summed E-state index contributed by atoms with van der Waals surface area (Å²) in [5.74, 6) is -2.12. The maximum absolute atomic E-state index is 13.0. The average Bonchev–Trinajstić information content (AvgIpc) is 2.36. The third-order valence-corrected chi connectivity index (χ3v) is 2.80. The Hall–Kier alpha value is -2.14. The van der Waals surface area contributed by atoms with E-state index in [2.05, 4.69) is 0 Å². The molecule has 0 saturated carbocycles. The van der Waals surface area contributed by atoms with Crippen LogP contribution in [0.2, 0.25) is 5.02 Å². The first-order valence-corrected chi connectivity index (χ1v) is 6.00. The fourth-order valence-electron chi connectivity index (χ4n) is 1.68. The third kappa shape index (κ3) is 3.45. The van der Waals surface area contributed by atoms with E-state index in [-0.39, 0.29) is 17.9 Å². The average molecular weight is 298 g/mol. The summed E-state index contributed by atoms with van der Waals surface area (Å²) >= 11 is 5.77. The number of carbonyl (C=O) groups excluding carboxylic acids is 1. The van der Waals surface area contributed by atoms with Crippen molar-refractivity contribution >= 4 is 17.5 Å². The van der Waals surface area contributed by atoms with Gasteiger partial charge >= 0.3 is 0 Å². The summed E-state index contributed by atoms with van der Waals surface area (Å²) in [4.78, 5) is 11.3. The van der Waals surface area contributed by atoms with Gasteiger partial charge in [0.1, 0.15) is 24.0 Å². The summed E-state index contributed by atoms with van der Waals surface area (Å²) in [7, 11) is 0. The number of primary amides is 1. The van der Waals surface area contributed by atoms with Crippen LogP contribution in [0.1, 0.15) is 15.9 Å². The molecule has 2 N–H and O–H groups in total. The Morgan fingerprint density at radius 2 is 1.80 bits per heavy atom. The number of nitrogens with two attached hydrogens (primary N) is 1. The molecular formula is C14H10ClF2NO2. The molecule has 0 bridgehead atoms. The molecule has 2 aromatic rings. The van der Waals surface area contributed by atoms with Gasteiger partial charge < -0.3 is 10.5 Å². The Morgan fingerprint density at radius 1 is 1.15 bits per heavy atom. The standard InChI is InChI=1S/C14H10ClF2NO2/c15-9-2-1-8(13(3-9)14(18)19)7-20-12-5-10(16)4-11(17)6-12/h1-6H,7H2,(H2,18,19). The maximum atomic E-state index is 13.0. The Balaban J connectivity index is 2.20. The minimum Gasteiger partial charge on any atom is -0.489 e. The van der Waals surface area contributed by atoms with Gasteiger partial charge in [-0.25, -0.2) is 8.78 Å². The van der Waals surface area contributed by atoms with Crippen LogP contribution in [-0.2, 0) is 6.61 Å². The molecule has 0 spiro atoms. The van der Waals surface area contributed by atoms with Crippen molar-refractivity contribution in [3.8, 4) is 5.75 Å². The lowest BCUT2D eigenvalue weighted by Gasteiger charge is -2.10. The van der Waals surface area contributed by atoms with E-state index < -0.39 is 17.5 Å². The number of benzene rings is 2. The van der Waals surface area contributed by atoms with Crippen LogP contribution in [0.25, 0.3) is 0 Å². The summed E-state index contributed by atoms with van der Waals surface area (Å²) in [6.07, 6.45) is 0. The molecule has 0 radical (unpaired) electrons. The van der Waals surface area contributed by atoms with Gasteiger partial charge in [-0.15, -0.1) is 0 Å². The molecule has 0 saturated heterocycles. The first kappa shape index (κ1) is 14.3. The fourth-order valence-corrected chi connectivity index (χ4v) is 1.85. The van der Waals surface area contributed by atoms with Gasteiger partial charge in [-0.1, -0.05) is 17.7 Å². The van der Waals surface area contributed by atoms with Crippen LogP contribution in [0, 0.1) is 11.6 Å². The number of ether oxygens (including phenoxy) is 1. The van der Waals surface area contributed by atoms with E-state index in [1.807, 2.05) is 0 Å². The molecular weight excluding hydrogens is 288 g/mol. The highest BCUT2D eigenvalue weighted by Gasteiger charge is 2.10. The van der Waals surface area contributed by atoms with E-state index in [0.717, 1.165) is 18.2 Å². The predicted octanol–water partition coefficient (Wildman–Crippen LogP) is 3.30. The number of carbonyl (C=O) groups is 1. The summed E-state index contributed by atoms with van der Waals surface area (Å²) in [5, 5.41) is 0.361. The van der Waals surface area contributed by atoms with Gasteiger partial charge in [0.05, 0.1) is 0 Å². The molecule has 0 heterocycles. The monoisotopic (exact) mass is 297 g/mol. The summed E-state index contributed by atoms with van der Waals surface area (Å²) < 4.78 is 31.3. The van der Waals surface area contributed by atoms with Crippen molar-refractivity contribution in [2.24, 2.45) is 5.73 Å². The lowest BCUT2D eigenvalue weighted by Crippen LogP contribution is -2.14. The molecule has 104 valence electrons. The molecule has 0 fully saturated rings. The van der Waals surface area contributed by atoms with E-state index in [4.69, 9.17) is 22.1 Å². The first-order valence-electron chi connectivity index (χ1n) is 5.63. The van der Waals surface area contributed by atoms with E-state index in [1.165, 1.54) is 6.07 Å². The summed E-state index contributed by atoms with van der Waals surface area (Å²) in [6, 6.07) is 7.38. The van der Waals surface area contributed by atoms with Gasteiger partial charge in [-0.2, -0.15) is 0 Å². The number of hydrogen-bond donors (Lipinski definition) is 1. The van der Waals surface area contributed by atoms with Gasteiger partial charge in [0.2, 0.25) is 5.91 Å². The minimum atomic E-state index is -0.744. The topological polar surface area (TPSA) is 52.3 Å². The highest BCUT2D eigenvalue weighted by atomic mass is 35.5. The zero-order chi connectivity index (χ0) is 14.7. The molecule has 0 aliphatic rings. The maximum Gasteiger partial charge on any atom is 0.249 e. The van der Waals surface area contributed by atoms with E-state index in [9.17, 15) is 13.6 Å². The van der Waals surface area contributed by atoms with E-state index in [0.29, 0.717) is 10.6 Å². The molecule has 0 aliphatic heterocycles. The molecule has 2 aromatic carbocycles. The molecule has 20 heavy (non-hydrogen) atoms. The SMILES string of the molecule is NC(=O)c1cc(Cl)ccc1COc1cc(F)cc(F)c1. The van der Waals surface area contributed by atoms with Crippen molar-refractivity contribution in [3.63, 3.8) is 0 Å². The Kier molecular flexibility index (Phi) is 4.20. The van der Waals surface area contributed by atoms with Gasteiger partial charge in [0.15, 0.2) is 0 Å². The Morgan fingerprint density at radius 3 is 2.40 bits per heavy atom. The Labute approximate surface area is 118 Å². The highest BCUT2D eigenvalue weighted by Crippen LogP contribution is 2.20. The van der Waals surface area contributed by atoms with Crippen LogP contribution < -0.4 is 10.5 Å². The molecule has 0 unspecified atom stereocenters. The lowest BCUT2D eigenvalue weighted by atomic mass is 10.1. The van der Waals surface area contributed by atoms with Crippen LogP contribution in [0.3, 0.4) is 0 Å². The minimum absolute atomic E-state index is 0.0212. The normalized spacial score (nSPS) is 10.3. The fraction of sp³-hybridized carbons (Fsp3) is 0.0714. The number of halogens is 3. The van der Waals surface area contributed by atoms with Gasteiger partial charge in [-0.05, 0) is 12.1 Å². The molecule has 1 amide bonds. The lowest BCUT2D eigenvalue weighted by molar-refractivity contribution is 0.0998. The summed E-state index contributed by atoms with van der Waals surface area (Å²) in [6.45, 7) is -0.0572. The molecule has 0 atom stereocenters. The zero-order valence-corrected chi connectivity index (χ0v) is 11.0. The largest absolute Gasteiger partial charge is 0.489 e.